The molecule has 0 aromatic heterocycles. The molecule has 1 aliphatic rings. The number of oxime groups is 1. The Morgan fingerprint density at radius 3 is 2.62 bits per heavy atom. The van der Waals surface area contributed by atoms with E-state index in [2.05, 4.69) is 5.16 Å². The second-order valence-electron chi connectivity index (χ2n) is 3.62. The number of hydrogen-bond donors (Lipinski definition) is 1. The molecule has 0 radical (unpaired) electrons. The smallest absolute Gasteiger partial charge is 0.0985 e. The molecule has 0 spiro atoms. The van der Waals surface area contributed by atoms with Gasteiger partial charge in [-0.25, -0.2) is 0 Å². The van der Waals surface area contributed by atoms with Gasteiger partial charge in [-0.1, -0.05) is 30.8 Å². The maximum atomic E-state index is 8.81. The van der Waals surface area contributed by atoms with Crippen LogP contribution < -0.4 is 0 Å². The van der Waals surface area contributed by atoms with Gasteiger partial charge in [0.2, 0.25) is 0 Å². The average Bonchev–Trinajstić information content (AvgIpc) is 2.28. The van der Waals surface area contributed by atoms with Gasteiger partial charge in [-0.2, -0.15) is 0 Å². The quantitative estimate of drug-likeness (QED) is 0.504. The van der Waals surface area contributed by atoms with Crippen LogP contribution >= 0.6 is 0 Å². The average molecular weight is 185 g/mol. The normalized spacial score (nSPS) is 29.3. The second-order valence-corrected chi connectivity index (χ2v) is 3.62. The van der Waals surface area contributed by atoms with E-state index in [-0.39, 0.29) is 6.10 Å². The molecule has 1 fully saturated rings. The molecule has 76 valence electrons. The summed E-state index contributed by atoms with van der Waals surface area (Å²) in [6.07, 6.45) is 8.05. The van der Waals surface area contributed by atoms with Crippen molar-refractivity contribution in [1.29, 1.82) is 0 Å². The summed E-state index contributed by atoms with van der Waals surface area (Å²) in [6, 6.07) is 0. The van der Waals surface area contributed by atoms with Crippen molar-refractivity contribution in [1.82, 2.24) is 0 Å². The molecular weight excluding hydrogens is 166 g/mol. The van der Waals surface area contributed by atoms with Gasteiger partial charge in [-0.05, 0) is 19.3 Å². The van der Waals surface area contributed by atoms with Crippen LogP contribution in [0.2, 0.25) is 0 Å². The fraction of sp³-hybridized carbons (Fsp3) is 0.900. The van der Waals surface area contributed by atoms with Crippen LogP contribution in [-0.2, 0) is 4.74 Å². The van der Waals surface area contributed by atoms with Crippen molar-refractivity contribution in [3.05, 3.63) is 0 Å². The summed E-state index contributed by atoms with van der Waals surface area (Å²) in [4.78, 5) is 0. The molecular formula is C10H19NO2. The van der Waals surface area contributed by atoms with Gasteiger partial charge in [0, 0.05) is 7.11 Å². The molecule has 0 aromatic carbocycles. The van der Waals surface area contributed by atoms with Crippen molar-refractivity contribution in [2.45, 2.75) is 51.0 Å². The Hall–Kier alpha value is -0.570. The first kappa shape index (κ1) is 10.5. The first-order valence-electron chi connectivity index (χ1n) is 5.12. The van der Waals surface area contributed by atoms with Gasteiger partial charge in [0.1, 0.15) is 0 Å². The highest BCUT2D eigenvalue weighted by Crippen LogP contribution is 2.17. The molecule has 1 rings (SSSR count). The lowest BCUT2D eigenvalue weighted by Gasteiger charge is -2.14. The minimum Gasteiger partial charge on any atom is -0.411 e. The molecule has 0 saturated heterocycles. The van der Waals surface area contributed by atoms with Crippen LogP contribution in [0.15, 0.2) is 5.16 Å². The Bertz CT molecular complexity index is 168. The summed E-state index contributed by atoms with van der Waals surface area (Å²) in [5.41, 5.74) is 0.824. The molecule has 0 aromatic rings. The van der Waals surface area contributed by atoms with E-state index < -0.39 is 0 Å². The van der Waals surface area contributed by atoms with Gasteiger partial charge < -0.3 is 9.94 Å². The summed E-state index contributed by atoms with van der Waals surface area (Å²) < 4.78 is 5.29. The highest BCUT2D eigenvalue weighted by molar-refractivity contribution is 5.88. The van der Waals surface area contributed by atoms with E-state index in [1.165, 1.54) is 25.7 Å². The van der Waals surface area contributed by atoms with E-state index in [0.717, 1.165) is 25.0 Å². The van der Waals surface area contributed by atoms with Gasteiger partial charge >= 0.3 is 0 Å². The van der Waals surface area contributed by atoms with Gasteiger partial charge in [0.05, 0.1) is 11.8 Å². The minimum absolute atomic E-state index is 0.0445. The molecule has 13 heavy (non-hydrogen) atoms. The number of ether oxygens (including phenoxy) is 1. The first-order chi connectivity index (χ1) is 6.38. The van der Waals surface area contributed by atoms with E-state index in [4.69, 9.17) is 9.94 Å². The molecule has 0 aliphatic heterocycles. The zero-order valence-electron chi connectivity index (χ0n) is 8.33. The monoisotopic (exact) mass is 185 g/mol. The second kappa shape index (κ2) is 5.97. The van der Waals surface area contributed by atoms with Crippen molar-refractivity contribution >= 4 is 5.71 Å². The summed E-state index contributed by atoms with van der Waals surface area (Å²) >= 11 is 0. The minimum atomic E-state index is 0.0445. The van der Waals surface area contributed by atoms with Crippen LogP contribution in [-0.4, -0.2) is 24.1 Å². The number of nitrogens with zero attached hydrogens (tertiary/aromatic N) is 1. The number of rotatable bonds is 1. The SMILES string of the molecule is COC1CCCCCCC/C1=N/O. The Morgan fingerprint density at radius 2 is 1.92 bits per heavy atom. The highest BCUT2D eigenvalue weighted by Gasteiger charge is 2.16. The molecule has 1 saturated carbocycles. The van der Waals surface area contributed by atoms with Crippen LogP contribution in [0, 0.1) is 0 Å². The predicted molar refractivity (Wildman–Crippen MR) is 52.3 cm³/mol. The van der Waals surface area contributed by atoms with E-state index in [0.29, 0.717) is 0 Å². The van der Waals surface area contributed by atoms with E-state index >= 15 is 0 Å². The predicted octanol–water partition coefficient (Wildman–Crippen LogP) is 2.58. The topological polar surface area (TPSA) is 41.8 Å². The van der Waals surface area contributed by atoms with E-state index in [1.807, 2.05) is 0 Å². The Morgan fingerprint density at radius 1 is 1.23 bits per heavy atom. The summed E-state index contributed by atoms with van der Waals surface area (Å²) in [5, 5.41) is 12.1. The van der Waals surface area contributed by atoms with E-state index in [9.17, 15) is 0 Å². The zero-order chi connectivity index (χ0) is 9.52. The van der Waals surface area contributed by atoms with Crippen molar-refractivity contribution in [2.75, 3.05) is 7.11 Å². The Balaban J connectivity index is 2.53. The third-order valence-electron chi connectivity index (χ3n) is 2.68. The third kappa shape index (κ3) is 3.35. The lowest BCUT2D eigenvalue weighted by Crippen LogP contribution is -2.22. The molecule has 0 bridgehead atoms. The first-order valence-corrected chi connectivity index (χ1v) is 5.12. The molecule has 1 N–H and O–H groups in total. The molecule has 1 unspecified atom stereocenters. The maximum Gasteiger partial charge on any atom is 0.0985 e. The van der Waals surface area contributed by atoms with Crippen molar-refractivity contribution in [2.24, 2.45) is 5.16 Å². The lowest BCUT2D eigenvalue weighted by molar-refractivity contribution is 0.140. The van der Waals surface area contributed by atoms with Gasteiger partial charge in [-0.3, -0.25) is 0 Å². The molecule has 3 heteroatoms. The van der Waals surface area contributed by atoms with Crippen LogP contribution in [0.4, 0.5) is 0 Å². The Kier molecular flexibility index (Phi) is 4.83. The van der Waals surface area contributed by atoms with Crippen LogP contribution in [0.3, 0.4) is 0 Å². The Labute approximate surface area is 79.8 Å². The van der Waals surface area contributed by atoms with Gasteiger partial charge in [0.25, 0.3) is 0 Å². The summed E-state index contributed by atoms with van der Waals surface area (Å²) in [7, 11) is 1.69. The molecule has 0 heterocycles. The van der Waals surface area contributed by atoms with Crippen LogP contribution in [0.25, 0.3) is 0 Å². The maximum absolute atomic E-state index is 8.81. The van der Waals surface area contributed by atoms with Crippen LogP contribution in [0.5, 0.6) is 0 Å². The molecule has 0 amide bonds. The summed E-state index contributed by atoms with van der Waals surface area (Å²) in [6.45, 7) is 0. The summed E-state index contributed by atoms with van der Waals surface area (Å²) in [5.74, 6) is 0. The zero-order valence-corrected chi connectivity index (χ0v) is 8.33. The fourth-order valence-corrected chi connectivity index (χ4v) is 1.86. The van der Waals surface area contributed by atoms with Crippen molar-refractivity contribution < 1.29 is 9.94 Å². The fourth-order valence-electron chi connectivity index (χ4n) is 1.86. The van der Waals surface area contributed by atoms with Crippen LogP contribution in [0.1, 0.15) is 44.9 Å². The van der Waals surface area contributed by atoms with Crippen molar-refractivity contribution in [3.8, 4) is 0 Å². The third-order valence-corrected chi connectivity index (χ3v) is 2.68. The molecule has 1 atom stereocenters. The number of hydrogen-bond acceptors (Lipinski definition) is 3. The van der Waals surface area contributed by atoms with Gasteiger partial charge in [0.15, 0.2) is 0 Å². The van der Waals surface area contributed by atoms with Gasteiger partial charge in [-0.15, -0.1) is 0 Å². The van der Waals surface area contributed by atoms with Crippen molar-refractivity contribution in [3.63, 3.8) is 0 Å². The highest BCUT2D eigenvalue weighted by atomic mass is 16.5. The molecule has 1 aliphatic carbocycles. The molecule has 3 nitrogen and oxygen atoms in total. The number of methoxy groups -OCH3 is 1. The lowest BCUT2D eigenvalue weighted by atomic mass is 10.1. The van der Waals surface area contributed by atoms with E-state index in [1.54, 1.807) is 7.11 Å². The standard InChI is InChI=1S/C10H19NO2/c1-13-10-8-6-4-2-3-5-7-9(10)11-12/h10,12H,2-8H2,1H3/b11-9-. The largest absolute Gasteiger partial charge is 0.411 e.